The number of nitrogens with two attached hydrogens (primary N) is 1. The molecule has 0 aromatic heterocycles. The highest BCUT2D eigenvalue weighted by Crippen LogP contribution is 2.49. The first-order valence-corrected chi connectivity index (χ1v) is 7.51. The summed E-state index contributed by atoms with van der Waals surface area (Å²) in [7, 11) is 0. The highest BCUT2D eigenvalue weighted by atomic mass is 35.5. The van der Waals surface area contributed by atoms with E-state index in [4.69, 9.17) is 16.3 Å². The molecule has 0 aliphatic heterocycles. The Hall–Kier alpha value is -1.88. The van der Waals surface area contributed by atoms with Crippen molar-refractivity contribution in [1.82, 2.24) is 0 Å². The van der Waals surface area contributed by atoms with Crippen LogP contribution in [0.2, 0.25) is 5.02 Å². The number of quaternary nitrogens is 1. The summed E-state index contributed by atoms with van der Waals surface area (Å²) in [4.78, 5) is 11.4. The molecular formula is C17H17ClNO3+. The van der Waals surface area contributed by atoms with Crippen LogP contribution in [0.3, 0.4) is 0 Å². The average Bonchev–Trinajstić information content (AvgIpc) is 3.28. The Morgan fingerprint density at radius 3 is 2.77 bits per heavy atom. The van der Waals surface area contributed by atoms with Gasteiger partial charge in [-0.2, -0.15) is 5.48 Å². The lowest BCUT2D eigenvalue weighted by Gasteiger charge is -2.09. The van der Waals surface area contributed by atoms with E-state index in [0.29, 0.717) is 22.2 Å². The highest BCUT2D eigenvalue weighted by Gasteiger charge is 2.42. The maximum absolute atomic E-state index is 11.4. The summed E-state index contributed by atoms with van der Waals surface area (Å²) in [6.07, 6.45) is 0.884. The number of halogens is 1. The molecule has 114 valence electrons. The lowest BCUT2D eigenvalue weighted by molar-refractivity contribution is -0.825. The van der Waals surface area contributed by atoms with E-state index in [1.807, 2.05) is 18.2 Å². The van der Waals surface area contributed by atoms with Crippen LogP contribution in [0.4, 0.5) is 5.69 Å². The molecule has 0 radical (unpaired) electrons. The molecule has 0 amide bonds. The Kier molecular flexibility index (Phi) is 4.16. The Bertz CT molecular complexity index is 717. The van der Waals surface area contributed by atoms with Gasteiger partial charge in [-0.25, -0.2) is 5.21 Å². The summed E-state index contributed by atoms with van der Waals surface area (Å²) in [5, 5.41) is 10.0. The van der Waals surface area contributed by atoms with E-state index in [1.54, 1.807) is 31.2 Å². The third-order valence-electron chi connectivity index (χ3n) is 3.94. The molecule has 5 heteroatoms. The second-order valence-electron chi connectivity index (χ2n) is 5.55. The van der Waals surface area contributed by atoms with Crippen molar-refractivity contribution in [2.75, 3.05) is 0 Å². The molecule has 1 aliphatic carbocycles. The maximum Gasteiger partial charge on any atom is 0.205 e. The zero-order valence-electron chi connectivity index (χ0n) is 12.1. The molecule has 1 saturated carbocycles. The van der Waals surface area contributed by atoms with E-state index in [9.17, 15) is 10.0 Å². The lowest BCUT2D eigenvalue weighted by Crippen LogP contribution is -2.73. The molecule has 3 N–H and O–H groups in total. The van der Waals surface area contributed by atoms with Crippen molar-refractivity contribution in [3.8, 4) is 11.5 Å². The van der Waals surface area contributed by atoms with Crippen LogP contribution in [0.5, 0.6) is 11.5 Å². The summed E-state index contributed by atoms with van der Waals surface area (Å²) in [5.74, 6) is 1.76. The van der Waals surface area contributed by atoms with Gasteiger partial charge in [-0.15, -0.1) is 0 Å². The minimum absolute atomic E-state index is 0.117. The average molecular weight is 319 g/mol. The van der Waals surface area contributed by atoms with Gasteiger partial charge in [-0.3, -0.25) is 4.79 Å². The third-order valence-corrected chi connectivity index (χ3v) is 4.17. The number of carbonyl (C=O) groups is 1. The fraction of sp³-hybridized carbons (Fsp3) is 0.235. The van der Waals surface area contributed by atoms with Gasteiger partial charge in [0.1, 0.15) is 11.5 Å². The van der Waals surface area contributed by atoms with Gasteiger partial charge in [0.05, 0.1) is 0 Å². The van der Waals surface area contributed by atoms with Crippen molar-refractivity contribution in [2.24, 2.45) is 5.92 Å². The first kappa shape index (κ1) is 15.0. The van der Waals surface area contributed by atoms with Crippen molar-refractivity contribution in [3.63, 3.8) is 0 Å². The number of carbonyl (C=O) groups excluding carboxylic acids is 1. The molecule has 3 rings (SSSR count). The Morgan fingerprint density at radius 1 is 1.32 bits per heavy atom. The first-order chi connectivity index (χ1) is 10.6. The van der Waals surface area contributed by atoms with E-state index >= 15 is 0 Å². The smallest absolute Gasteiger partial charge is 0.205 e. The lowest BCUT2D eigenvalue weighted by atomic mass is 10.1. The van der Waals surface area contributed by atoms with E-state index in [-0.39, 0.29) is 17.6 Å². The fourth-order valence-corrected chi connectivity index (χ4v) is 2.84. The zero-order valence-corrected chi connectivity index (χ0v) is 12.9. The van der Waals surface area contributed by atoms with Crippen LogP contribution in [0, 0.1) is 5.92 Å². The molecule has 2 unspecified atom stereocenters. The van der Waals surface area contributed by atoms with Gasteiger partial charge in [-0.05, 0) is 49.1 Å². The molecule has 0 bridgehead atoms. The molecule has 0 spiro atoms. The molecule has 0 saturated heterocycles. The highest BCUT2D eigenvalue weighted by molar-refractivity contribution is 6.30. The van der Waals surface area contributed by atoms with Crippen LogP contribution >= 0.6 is 11.6 Å². The van der Waals surface area contributed by atoms with Crippen LogP contribution < -0.4 is 10.2 Å². The van der Waals surface area contributed by atoms with E-state index in [0.717, 1.165) is 17.5 Å². The Morgan fingerprint density at radius 2 is 2.14 bits per heavy atom. The Balaban J connectivity index is 1.82. The van der Waals surface area contributed by atoms with Gasteiger partial charge in [0, 0.05) is 17.0 Å². The van der Waals surface area contributed by atoms with Gasteiger partial charge in [0.25, 0.3) is 0 Å². The largest absolute Gasteiger partial charge is 0.451 e. The van der Waals surface area contributed by atoms with E-state index in [1.165, 1.54) is 0 Å². The minimum Gasteiger partial charge on any atom is -0.451 e. The van der Waals surface area contributed by atoms with Gasteiger partial charge < -0.3 is 4.74 Å². The molecule has 4 nitrogen and oxygen atoms in total. The molecule has 2 atom stereocenters. The van der Waals surface area contributed by atoms with Gasteiger partial charge in [0.15, 0.2) is 5.75 Å². The molecule has 1 fully saturated rings. The van der Waals surface area contributed by atoms with Gasteiger partial charge in [-0.1, -0.05) is 23.7 Å². The molecule has 1 aliphatic rings. The van der Waals surface area contributed by atoms with Crippen LogP contribution in [-0.2, 0) is 4.79 Å². The zero-order chi connectivity index (χ0) is 15.7. The van der Waals surface area contributed by atoms with Crippen molar-refractivity contribution < 1.29 is 20.2 Å². The topological polar surface area (TPSA) is 63.1 Å². The van der Waals surface area contributed by atoms with Crippen LogP contribution in [0.25, 0.3) is 0 Å². The van der Waals surface area contributed by atoms with Crippen LogP contribution in [0.1, 0.15) is 24.8 Å². The SMILES string of the molecule is CC(=O)C1CC1c1ccc(Oc2cccc(Cl)c2)c([NH2+]O)c1. The molecule has 0 heterocycles. The standard InChI is InChI=1S/C17H16ClNO3/c1-10(20)14-9-15(14)11-5-6-17(16(7-11)19-21)22-13-4-2-3-12(18)8-13/h2-8,14-15,19,21H,9H2,1H3/p+1. The molecule has 22 heavy (non-hydrogen) atoms. The summed E-state index contributed by atoms with van der Waals surface area (Å²) < 4.78 is 5.77. The first-order valence-electron chi connectivity index (χ1n) is 7.13. The van der Waals surface area contributed by atoms with Crippen LogP contribution in [-0.4, -0.2) is 11.0 Å². The molecule has 2 aromatic rings. The second kappa shape index (κ2) is 6.08. The number of ketones is 1. The number of hydrogen-bond acceptors (Lipinski definition) is 3. The van der Waals surface area contributed by atoms with E-state index in [2.05, 4.69) is 0 Å². The maximum atomic E-state index is 11.4. The van der Waals surface area contributed by atoms with E-state index < -0.39 is 0 Å². The number of benzene rings is 2. The van der Waals surface area contributed by atoms with Crippen molar-refractivity contribution >= 4 is 23.1 Å². The number of Topliss-reactive ketones (excluding diaryl/α,β-unsaturated/α-hetero) is 1. The number of rotatable bonds is 5. The summed E-state index contributed by atoms with van der Waals surface area (Å²) in [6.45, 7) is 1.63. The van der Waals surface area contributed by atoms with Crippen molar-refractivity contribution in [1.29, 1.82) is 0 Å². The van der Waals surface area contributed by atoms with Crippen molar-refractivity contribution in [3.05, 3.63) is 53.1 Å². The molecule has 2 aromatic carbocycles. The summed E-state index contributed by atoms with van der Waals surface area (Å²) in [5.41, 5.74) is 2.67. The van der Waals surface area contributed by atoms with Crippen LogP contribution in [0.15, 0.2) is 42.5 Å². The summed E-state index contributed by atoms with van der Waals surface area (Å²) in [6, 6.07) is 12.7. The normalized spacial score (nSPS) is 19.8. The molecular weight excluding hydrogens is 302 g/mol. The number of hydrogen-bond donors (Lipinski definition) is 2. The Labute approximate surface area is 133 Å². The third kappa shape index (κ3) is 3.14. The van der Waals surface area contributed by atoms with Crippen molar-refractivity contribution in [2.45, 2.75) is 19.3 Å². The van der Waals surface area contributed by atoms with Gasteiger partial charge in [0.2, 0.25) is 5.69 Å². The van der Waals surface area contributed by atoms with Gasteiger partial charge >= 0.3 is 0 Å². The predicted molar refractivity (Wildman–Crippen MR) is 82.9 cm³/mol. The monoisotopic (exact) mass is 318 g/mol. The number of ether oxygens (including phenoxy) is 1. The summed E-state index contributed by atoms with van der Waals surface area (Å²) >= 11 is 5.94. The minimum atomic E-state index is 0.117. The second-order valence-corrected chi connectivity index (χ2v) is 5.98. The fourth-order valence-electron chi connectivity index (χ4n) is 2.66. The quantitative estimate of drug-likeness (QED) is 0.656. The predicted octanol–water partition coefficient (Wildman–Crippen LogP) is 3.41.